The lowest BCUT2D eigenvalue weighted by Gasteiger charge is -2.23. The Morgan fingerprint density at radius 2 is 2.40 bits per heavy atom. The van der Waals surface area contributed by atoms with Crippen molar-refractivity contribution < 1.29 is 0 Å². The molecule has 0 aromatic carbocycles. The summed E-state index contributed by atoms with van der Waals surface area (Å²) in [5.41, 5.74) is 0. The summed E-state index contributed by atoms with van der Waals surface area (Å²) < 4.78 is 0. The fourth-order valence-corrected chi connectivity index (χ4v) is 2.00. The normalized spacial score (nSPS) is 21.3. The number of hydrogen-bond acceptors (Lipinski definition) is 3. The van der Waals surface area contributed by atoms with Crippen LogP contribution in [0.3, 0.4) is 0 Å². The second-order valence-electron chi connectivity index (χ2n) is 3.87. The summed E-state index contributed by atoms with van der Waals surface area (Å²) in [6, 6.07) is 6.20. The van der Waals surface area contributed by atoms with Gasteiger partial charge in [0.05, 0.1) is 0 Å². The highest BCUT2D eigenvalue weighted by molar-refractivity contribution is 6.29. The van der Waals surface area contributed by atoms with Gasteiger partial charge in [0.2, 0.25) is 0 Å². The van der Waals surface area contributed by atoms with Crippen LogP contribution in [-0.4, -0.2) is 24.1 Å². The first-order valence-corrected chi connectivity index (χ1v) is 5.82. The second-order valence-corrected chi connectivity index (χ2v) is 4.26. The van der Waals surface area contributed by atoms with Gasteiger partial charge in [0.25, 0.3) is 0 Å². The number of nitrogens with one attached hydrogen (secondary N) is 2. The van der Waals surface area contributed by atoms with Gasteiger partial charge in [-0.3, -0.25) is 0 Å². The van der Waals surface area contributed by atoms with Gasteiger partial charge in [-0.2, -0.15) is 0 Å². The molecule has 1 aliphatic heterocycles. The minimum Gasteiger partial charge on any atom is -0.368 e. The molecular weight excluding hydrogens is 210 g/mol. The van der Waals surface area contributed by atoms with Crippen LogP contribution >= 0.6 is 11.6 Å². The maximum atomic E-state index is 5.80. The van der Waals surface area contributed by atoms with E-state index in [0.717, 1.165) is 18.9 Å². The van der Waals surface area contributed by atoms with Crippen molar-refractivity contribution in [1.29, 1.82) is 0 Å². The molecule has 4 heteroatoms. The van der Waals surface area contributed by atoms with Crippen LogP contribution in [0.15, 0.2) is 18.2 Å². The Kier molecular flexibility index (Phi) is 3.80. The molecular formula is C11H16ClN3. The van der Waals surface area contributed by atoms with Gasteiger partial charge in [0.15, 0.2) is 0 Å². The van der Waals surface area contributed by atoms with Crippen molar-refractivity contribution in [3.63, 3.8) is 0 Å². The zero-order chi connectivity index (χ0) is 10.5. The van der Waals surface area contributed by atoms with Crippen molar-refractivity contribution in [1.82, 2.24) is 10.3 Å². The van der Waals surface area contributed by atoms with E-state index in [0.29, 0.717) is 11.2 Å². The highest BCUT2D eigenvalue weighted by atomic mass is 35.5. The smallest absolute Gasteiger partial charge is 0.131 e. The highest BCUT2D eigenvalue weighted by Crippen LogP contribution is 2.11. The average molecular weight is 226 g/mol. The van der Waals surface area contributed by atoms with Crippen LogP contribution in [0.5, 0.6) is 0 Å². The van der Waals surface area contributed by atoms with Crippen LogP contribution in [0.4, 0.5) is 5.82 Å². The van der Waals surface area contributed by atoms with Gasteiger partial charge in [0.1, 0.15) is 11.0 Å². The number of piperidine rings is 1. The monoisotopic (exact) mass is 225 g/mol. The lowest BCUT2D eigenvalue weighted by atomic mass is 10.1. The molecule has 0 saturated carbocycles. The van der Waals surface area contributed by atoms with Gasteiger partial charge in [0, 0.05) is 12.6 Å². The van der Waals surface area contributed by atoms with Crippen molar-refractivity contribution in [2.75, 3.05) is 18.4 Å². The van der Waals surface area contributed by atoms with E-state index < -0.39 is 0 Å². The molecule has 2 rings (SSSR count). The Balaban J connectivity index is 1.81. The van der Waals surface area contributed by atoms with E-state index in [9.17, 15) is 0 Å². The topological polar surface area (TPSA) is 37.0 Å². The Morgan fingerprint density at radius 3 is 3.13 bits per heavy atom. The van der Waals surface area contributed by atoms with Gasteiger partial charge in [-0.05, 0) is 31.5 Å². The van der Waals surface area contributed by atoms with Crippen molar-refractivity contribution >= 4 is 17.4 Å². The molecule has 15 heavy (non-hydrogen) atoms. The third-order valence-electron chi connectivity index (χ3n) is 2.66. The molecule has 1 aliphatic rings. The Bertz CT molecular complexity index is 310. The average Bonchev–Trinajstić information content (AvgIpc) is 2.28. The molecule has 0 spiro atoms. The molecule has 0 aliphatic carbocycles. The van der Waals surface area contributed by atoms with Gasteiger partial charge >= 0.3 is 0 Å². The molecule has 1 fully saturated rings. The summed E-state index contributed by atoms with van der Waals surface area (Å²) in [5.74, 6) is 0.856. The van der Waals surface area contributed by atoms with E-state index in [2.05, 4.69) is 15.6 Å². The van der Waals surface area contributed by atoms with Gasteiger partial charge in [-0.25, -0.2) is 4.98 Å². The molecule has 82 valence electrons. The third kappa shape index (κ3) is 3.36. The molecule has 1 aromatic heterocycles. The van der Waals surface area contributed by atoms with E-state index in [1.165, 1.54) is 19.3 Å². The first-order valence-electron chi connectivity index (χ1n) is 5.44. The van der Waals surface area contributed by atoms with E-state index in [4.69, 9.17) is 11.6 Å². The predicted molar refractivity (Wildman–Crippen MR) is 63.4 cm³/mol. The third-order valence-corrected chi connectivity index (χ3v) is 2.87. The Labute approximate surface area is 95.2 Å². The number of anilines is 1. The lowest BCUT2D eigenvalue weighted by molar-refractivity contribution is 0.414. The maximum Gasteiger partial charge on any atom is 0.131 e. The number of pyridine rings is 1. The largest absolute Gasteiger partial charge is 0.368 e. The number of halogens is 1. The number of aromatic nitrogens is 1. The quantitative estimate of drug-likeness (QED) is 0.776. The number of nitrogens with zero attached hydrogens (tertiary/aromatic N) is 1. The lowest BCUT2D eigenvalue weighted by Crippen LogP contribution is -2.39. The minimum absolute atomic E-state index is 0.539. The minimum atomic E-state index is 0.539. The zero-order valence-electron chi connectivity index (χ0n) is 8.67. The molecule has 1 unspecified atom stereocenters. The molecule has 1 saturated heterocycles. The molecule has 1 atom stereocenters. The van der Waals surface area contributed by atoms with Crippen LogP contribution in [-0.2, 0) is 0 Å². The summed E-state index contributed by atoms with van der Waals surface area (Å²) in [4.78, 5) is 4.18. The highest BCUT2D eigenvalue weighted by Gasteiger charge is 2.11. The van der Waals surface area contributed by atoms with Crippen molar-refractivity contribution in [3.8, 4) is 0 Å². The Morgan fingerprint density at radius 1 is 1.47 bits per heavy atom. The summed E-state index contributed by atoms with van der Waals surface area (Å²) in [5, 5.41) is 7.32. The molecule has 2 heterocycles. The molecule has 0 bridgehead atoms. The van der Waals surface area contributed by atoms with Crippen LogP contribution in [0.25, 0.3) is 0 Å². The SMILES string of the molecule is Clc1cccc(NCC2CCCCN2)n1. The first-order chi connectivity index (χ1) is 7.34. The van der Waals surface area contributed by atoms with Crippen LogP contribution in [0.1, 0.15) is 19.3 Å². The van der Waals surface area contributed by atoms with Crippen molar-refractivity contribution in [2.45, 2.75) is 25.3 Å². The number of rotatable bonds is 3. The Hall–Kier alpha value is -0.800. The summed E-state index contributed by atoms with van der Waals surface area (Å²) in [6.45, 7) is 2.06. The summed E-state index contributed by atoms with van der Waals surface area (Å²) in [7, 11) is 0. The predicted octanol–water partition coefficient (Wildman–Crippen LogP) is 2.29. The summed E-state index contributed by atoms with van der Waals surface area (Å²) >= 11 is 5.80. The fourth-order valence-electron chi connectivity index (χ4n) is 1.83. The fraction of sp³-hybridized carbons (Fsp3) is 0.545. The first kappa shape index (κ1) is 10.7. The van der Waals surface area contributed by atoms with Crippen LogP contribution in [0, 0.1) is 0 Å². The van der Waals surface area contributed by atoms with Gasteiger partial charge in [-0.1, -0.05) is 24.1 Å². The second kappa shape index (κ2) is 5.33. The molecule has 1 aromatic rings. The van der Waals surface area contributed by atoms with E-state index in [-0.39, 0.29) is 0 Å². The standard InChI is InChI=1S/C11H16ClN3/c12-10-5-3-6-11(15-10)14-8-9-4-1-2-7-13-9/h3,5-6,9,13H,1-2,4,7-8H2,(H,14,15). The van der Waals surface area contributed by atoms with Crippen LogP contribution in [0.2, 0.25) is 5.15 Å². The molecule has 0 radical (unpaired) electrons. The van der Waals surface area contributed by atoms with E-state index >= 15 is 0 Å². The molecule has 0 amide bonds. The maximum absolute atomic E-state index is 5.80. The van der Waals surface area contributed by atoms with Crippen molar-refractivity contribution in [3.05, 3.63) is 23.4 Å². The molecule has 3 nitrogen and oxygen atoms in total. The molecule has 2 N–H and O–H groups in total. The zero-order valence-corrected chi connectivity index (χ0v) is 9.43. The van der Waals surface area contributed by atoms with E-state index in [1.807, 2.05) is 12.1 Å². The number of hydrogen-bond donors (Lipinski definition) is 2. The van der Waals surface area contributed by atoms with Gasteiger partial charge < -0.3 is 10.6 Å². The summed E-state index contributed by atoms with van der Waals surface area (Å²) in [6.07, 6.45) is 3.86. The van der Waals surface area contributed by atoms with Gasteiger partial charge in [-0.15, -0.1) is 0 Å². The van der Waals surface area contributed by atoms with Crippen LogP contribution < -0.4 is 10.6 Å². The van der Waals surface area contributed by atoms with Crippen molar-refractivity contribution in [2.24, 2.45) is 0 Å². The van der Waals surface area contributed by atoms with E-state index in [1.54, 1.807) is 6.07 Å².